The Labute approximate surface area is 183 Å². The number of benzene rings is 2. The van der Waals surface area contributed by atoms with Crippen molar-refractivity contribution in [3.8, 4) is 28.5 Å². The van der Waals surface area contributed by atoms with Gasteiger partial charge in [0.25, 0.3) is 0 Å². The van der Waals surface area contributed by atoms with Gasteiger partial charge in [-0.1, -0.05) is 54.6 Å². The van der Waals surface area contributed by atoms with E-state index < -0.39 is 17.6 Å². The van der Waals surface area contributed by atoms with E-state index in [2.05, 4.69) is 15.5 Å². The summed E-state index contributed by atoms with van der Waals surface area (Å²) >= 11 is 0. The lowest BCUT2D eigenvalue weighted by atomic mass is 9.95. The molecule has 0 saturated carbocycles. The summed E-state index contributed by atoms with van der Waals surface area (Å²) in [6.07, 6.45) is 1.49. The number of carbonyl (C=O) groups excluding carboxylic acids is 2. The molecule has 3 aromatic rings. The van der Waals surface area contributed by atoms with Gasteiger partial charge in [0.1, 0.15) is 11.5 Å². The van der Waals surface area contributed by atoms with Gasteiger partial charge in [-0.2, -0.15) is 5.26 Å². The summed E-state index contributed by atoms with van der Waals surface area (Å²) < 4.78 is 5.19. The predicted octanol–water partition coefficient (Wildman–Crippen LogP) is 4.50. The number of carbonyl (C=O) groups is 2. The van der Waals surface area contributed by atoms with E-state index in [-0.39, 0.29) is 12.2 Å². The second-order valence-electron chi connectivity index (χ2n) is 7.39. The highest BCUT2D eigenvalue weighted by atomic mass is 16.3. The summed E-state index contributed by atoms with van der Waals surface area (Å²) in [5, 5.41) is 20.2. The fraction of sp³-hybridized carbons (Fsp3) is 0.0800. The van der Waals surface area contributed by atoms with Gasteiger partial charge >= 0.3 is 0 Å². The minimum absolute atomic E-state index is 0.0963. The first-order chi connectivity index (χ1) is 15.7. The molecule has 0 saturated heterocycles. The molecule has 156 valence electrons. The Balaban J connectivity index is 1.56. The van der Waals surface area contributed by atoms with Crippen LogP contribution in [0.5, 0.6) is 0 Å². The number of aromatic nitrogens is 2. The number of Topliss-reactive ketones (excluding diaryl/α,β-unsaturated/α-hetero) is 1. The van der Waals surface area contributed by atoms with Crippen LogP contribution in [-0.4, -0.2) is 21.9 Å². The SMILES string of the molecule is N#CC(C(=O)NCc1ccco1)C(=O)c1[nH][nH]c2c3ccccc3c(-c3ccccc3)c1-2. The van der Waals surface area contributed by atoms with Crippen LogP contribution < -0.4 is 5.32 Å². The zero-order chi connectivity index (χ0) is 22.1. The number of nitriles is 1. The number of hydrogen-bond acceptors (Lipinski definition) is 4. The van der Waals surface area contributed by atoms with Crippen molar-refractivity contribution in [3.05, 3.63) is 84.4 Å². The van der Waals surface area contributed by atoms with Gasteiger partial charge in [-0.05, 0) is 23.1 Å². The van der Waals surface area contributed by atoms with E-state index in [1.165, 1.54) is 6.26 Å². The van der Waals surface area contributed by atoms with Crippen molar-refractivity contribution in [2.24, 2.45) is 5.92 Å². The van der Waals surface area contributed by atoms with Crippen molar-refractivity contribution in [2.45, 2.75) is 6.54 Å². The van der Waals surface area contributed by atoms with Gasteiger partial charge in [0.15, 0.2) is 5.92 Å². The average Bonchev–Trinajstić information content (AvgIpc) is 3.55. The van der Waals surface area contributed by atoms with Crippen molar-refractivity contribution >= 4 is 22.5 Å². The molecule has 2 aliphatic rings. The third-order valence-corrected chi connectivity index (χ3v) is 5.51. The molecule has 1 amide bonds. The smallest absolute Gasteiger partial charge is 0.245 e. The molecule has 1 atom stereocenters. The number of hydrogen-bond donors (Lipinski definition) is 3. The molecule has 3 N–H and O–H groups in total. The molecule has 1 aromatic heterocycles. The van der Waals surface area contributed by atoms with E-state index >= 15 is 0 Å². The van der Waals surface area contributed by atoms with Gasteiger partial charge in [-0.25, -0.2) is 0 Å². The van der Waals surface area contributed by atoms with E-state index in [1.54, 1.807) is 12.1 Å². The normalized spacial score (nSPS) is 12.0. The molecule has 2 aromatic carbocycles. The van der Waals surface area contributed by atoms with Gasteiger partial charge in [-0.15, -0.1) is 0 Å². The molecule has 7 heteroatoms. The fourth-order valence-electron chi connectivity index (χ4n) is 4.04. The van der Waals surface area contributed by atoms with Gasteiger partial charge in [0.05, 0.1) is 24.6 Å². The quantitative estimate of drug-likeness (QED) is 0.276. The number of aromatic amines is 2. The van der Waals surface area contributed by atoms with Crippen LogP contribution in [0.3, 0.4) is 0 Å². The van der Waals surface area contributed by atoms with Crippen molar-refractivity contribution in [1.29, 1.82) is 5.26 Å². The zero-order valence-corrected chi connectivity index (χ0v) is 16.9. The first-order valence-corrected chi connectivity index (χ1v) is 10.1. The summed E-state index contributed by atoms with van der Waals surface area (Å²) in [7, 11) is 0. The molecule has 2 heterocycles. The summed E-state index contributed by atoms with van der Waals surface area (Å²) in [5.74, 6) is -2.23. The lowest BCUT2D eigenvalue weighted by molar-refractivity contribution is -0.122. The highest BCUT2D eigenvalue weighted by molar-refractivity contribution is 6.21. The Kier molecular flexibility index (Phi) is 4.81. The molecule has 7 nitrogen and oxygen atoms in total. The Morgan fingerprint density at radius 2 is 1.69 bits per heavy atom. The number of H-pyrrole nitrogens is 2. The third-order valence-electron chi connectivity index (χ3n) is 5.51. The molecule has 0 radical (unpaired) electrons. The maximum atomic E-state index is 13.4. The van der Waals surface area contributed by atoms with Crippen LogP contribution in [-0.2, 0) is 11.3 Å². The number of ketones is 1. The monoisotopic (exact) mass is 422 g/mol. The van der Waals surface area contributed by atoms with E-state index in [4.69, 9.17) is 4.42 Å². The van der Waals surface area contributed by atoms with Crippen LogP contribution in [0.25, 0.3) is 33.2 Å². The largest absolute Gasteiger partial charge is 0.467 e. The molecule has 1 aliphatic carbocycles. The number of furan rings is 1. The van der Waals surface area contributed by atoms with Gasteiger partial charge in [0.2, 0.25) is 11.7 Å². The van der Waals surface area contributed by atoms with Crippen molar-refractivity contribution in [3.63, 3.8) is 0 Å². The van der Waals surface area contributed by atoms with E-state index in [1.807, 2.05) is 60.7 Å². The van der Waals surface area contributed by atoms with Crippen LogP contribution in [0.1, 0.15) is 16.2 Å². The molecule has 1 unspecified atom stereocenters. The third kappa shape index (κ3) is 3.15. The van der Waals surface area contributed by atoms with E-state index in [9.17, 15) is 14.9 Å². The van der Waals surface area contributed by atoms with Crippen molar-refractivity contribution in [1.82, 2.24) is 15.5 Å². The lowest BCUT2D eigenvalue weighted by Gasteiger charge is -2.09. The number of fused-ring (bicyclic) bond motifs is 3. The molecule has 0 bridgehead atoms. The van der Waals surface area contributed by atoms with Crippen LogP contribution in [0.15, 0.2) is 77.4 Å². The van der Waals surface area contributed by atoms with Gasteiger partial charge < -0.3 is 9.73 Å². The minimum Gasteiger partial charge on any atom is -0.467 e. The molecule has 0 fully saturated rings. The fourth-order valence-corrected chi connectivity index (χ4v) is 4.04. The topological polar surface area (TPSA) is 115 Å². The summed E-state index contributed by atoms with van der Waals surface area (Å²) in [6, 6.07) is 22.8. The highest BCUT2D eigenvalue weighted by Crippen LogP contribution is 2.45. The van der Waals surface area contributed by atoms with Crippen LogP contribution in [0.2, 0.25) is 0 Å². The van der Waals surface area contributed by atoms with Gasteiger partial charge in [-0.3, -0.25) is 19.8 Å². The first kappa shape index (κ1) is 19.4. The standard InChI is InChI=1S/C25H18N4O3/c26-13-19(25(31)27-14-16-9-6-12-32-16)24(30)23-21-20(15-7-2-1-3-8-15)17-10-4-5-11-18(17)22(21)28-29-23/h1-12,19,28-29H,14H2,(H,27,31). The Morgan fingerprint density at radius 3 is 2.41 bits per heavy atom. The number of rotatable bonds is 6. The molecule has 1 aliphatic heterocycles. The first-order valence-electron chi connectivity index (χ1n) is 10.1. The molecule has 5 rings (SSSR count). The summed E-state index contributed by atoms with van der Waals surface area (Å²) in [4.78, 5) is 26.0. The van der Waals surface area contributed by atoms with Crippen LogP contribution in [0.4, 0.5) is 0 Å². The summed E-state index contributed by atoms with van der Waals surface area (Å²) in [6.45, 7) is 0.0963. The molecule has 0 spiro atoms. The van der Waals surface area contributed by atoms with E-state index in [0.717, 1.165) is 27.6 Å². The molecular formula is C25H18N4O3. The maximum Gasteiger partial charge on any atom is 0.245 e. The second kappa shape index (κ2) is 7.93. The second-order valence-corrected chi connectivity index (χ2v) is 7.39. The zero-order valence-electron chi connectivity index (χ0n) is 16.9. The maximum absolute atomic E-state index is 13.4. The van der Waals surface area contributed by atoms with Crippen LogP contribution in [0, 0.1) is 17.2 Å². The minimum atomic E-state index is -1.50. The Bertz CT molecular complexity index is 1420. The summed E-state index contributed by atoms with van der Waals surface area (Å²) in [5.41, 5.74) is 3.45. The number of nitrogens with zero attached hydrogens (tertiary/aromatic N) is 1. The Morgan fingerprint density at radius 1 is 0.938 bits per heavy atom. The van der Waals surface area contributed by atoms with Crippen LogP contribution >= 0.6 is 0 Å². The van der Waals surface area contributed by atoms with Crippen molar-refractivity contribution in [2.75, 3.05) is 0 Å². The van der Waals surface area contributed by atoms with Crippen molar-refractivity contribution < 1.29 is 14.0 Å². The number of amides is 1. The van der Waals surface area contributed by atoms with E-state index in [0.29, 0.717) is 11.3 Å². The highest BCUT2D eigenvalue weighted by Gasteiger charge is 2.34. The van der Waals surface area contributed by atoms with Gasteiger partial charge in [0, 0.05) is 16.5 Å². The number of nitrogens with one attached hydrogen (secondary N) is 3. The Hall–Kier alpha value is -4.57. The lowest BCUT2D eigenvalue weighted by Crippen LogP contribution is -2.34. The predicted molar refractivity (Wildman–Crippen MR) is 119 cm³/mol. The average molecular weight is 422 g/mol. The molecular weight excluding hydrogens is 404 g/mol. The molecule has 32 heavy (non-hydrogen) atoms.